The zero-order chi connectivity index (χ0) is 8.93. The molecule has 0 aromatic rings. The third-order valence-electron chi connectivity index (χ3n) is 3.59. The fourth-order valence-electron chi connectivity index (χ4n) is 2.79. The van der Waals surface area contributed by atoms with Crippen LogP contribution in [0.3, 0.4) is 0 Å². The second-order valence-electron chi connectivity index (χ2n) is 4.73. The van der Waals surface area contributed by atoms with Gasteiger partial charge in [0.2, 0.25) is 0 Å². The Labute approximate surface area is 86.9 Å². The van der Waals surface area contributed by atoms with E-state index in [0.29, 0.717) is 0 Å². The molecule has 0 radical (unpaired) electrons. The second kappa shape index (κ2) is 5.29. The van der Waals surface area contributed by atoms with Crippen molar-refractivity contribution in [2.24, 2.45) is 5.92 Å². The van der Waals surface area contributed by atoms with Crippen molar-refractivity contribution in [2.45, 2.75) is 63.0 Å². The predicted molar refractivity (Wildman–Crippen MR) is 61.3 cm³/mol. The first kappa shape index (κ1) is 9.89. The van der Waals surface area contributed by atoms with Gasteiger partial charge in [0.1, 0.15) is 0 Å². The lowest BCUT2D eigenvalue weighted by Gasteiger charge is -2.28. The summed E-state index contributed by atoms with van der Waals surface area (Å²) in [6.07, 6.45) is 13.7. The fourth-order valence-corrected chi connectivity index (χ4v) is 4.23. The molecule has 0 aromatic carbocycles. The Kier molecular flexibility index (Phi) is 4.02. The standard InChI is InChI=1S/C12H22S/c1-2-6-11(7-3-1)10-12-8-4-5-9-13-12/h11-12H,1-10H2. The van der Waals surface area contributed by atoms with Crippen LogP contribution < -0.4 is 0 Å². The summed E-state index contributed by atoms with van der Waals surface area (Å²) in [5, 5.41) is 1.04. The molecule has 0 spiro atoms. The van der Waals surface area contributed by atoms with E-state index in [1.807, 2.05) is 0 Å². The lowest BCUT2D eigenvalue weighted by atomic mass is 9.85. The van der Waals surface area contributed by atoms with Crippen molar-refractivity contribution in [3.63, 3.8) is 0 Å². The quantitative estimate of drug-likeness (QED) is 0.639. The van der Waals surface area contributed by atoms with Gasteiger partial charge < -0.3 is 0 Å². The van der Waals surface area contributed by atoms with E-state index in [-0.39, 0.29) is 0 Å². The van der Waals surface area contributed by atoms with Crippen LogP contribution >= 0.6 is 11.8 Å². The summed E-state index contributed by atoms with van der Waals surface area (Å²) in [5.41, 5.74) is 0. The van der Waals surface area contributed by atoms with Gasteiger partial charge in [0.05, 0.1) is 0 Å². The third kappa shape index (κ3) is 3.19. The molecule has 1 unspecified atom stereocenters. The highest BCUT2D eigenvalue weighted by Gasteiger charge is 2.20. The smallest absolute Gasteiger partial charge is 0.00496 e. The Balaban J connectivity index is 1.69. The molecular formula is C12H22S. The van der Waals surface area contributed by atoms with Gasteiger partial charge in [-0.15, -0.1) is 0 Å². The van der Waals surface area contributed by atoms with Crippen molar-refractivity contribution in [3.8, 4) is 0 Å². The number of hydrogen-bond acceptors (Lipinski definition) is 1. The Morgan fingerprint density at radius 3 is 2.31 bits per heavy atom. The van der Waals surface area contributed by atoms with Gasteiger partial charge in [0.25, 0.3) is 0 Å². The largest absolute Gasteiger partial charge is 0.159 e. The zero-order valence-electron chi connectivity index (χ0n) is 8.63. The zero-order valence-corrected chi connectivity index (χ0v) is 9.45. The summed E-state index contributed by atoms with van der Waals surface area (Å²) in [7, 11) is 0. The van der Waals surface area contributed by atoms with Gasteiger partial charge in [0.15, 0.2) is 0 Å². The van der Waals surface area contributed by atoms with Crippen LogP contribution in [0.2, 0.25) is 0 Å². The maximum atomic E-state index is 2.26. The molecule has 2 aliphatic rings. The molecule has 76 valence electrons. The minimum atomic E-state index is 1.04. The van der Waals surface area contributed by atoms with Gasteiger partial charge in [-0.05, 0) is 30.9 Å². The van der Waals surface area contributed by atoms with Crippen LogP contribution in [0.1, 0.15) is 57.8 Å². The number of thioether (sulfide) groups is 1. The van der Waals surface area contributed by atoms with E-state index < -0.39 is 0 Å². The van der Waals surface area contributed by atoms with E-state index in [0.717, 1.165) is 11.2 Å². The van der Waals surface area contributed by atoms with E-state index in [1.165, 1.54) is 57.1 Å². The highest BCUT2D eigenvalue weighted by molar-refractivity contribution is 7.99. The summed E-state index contributed by atoms with van der Waals surface area (Å²) in [5.74, 6) is 2.54. The van der Waals surface area contributed by atoms with Crippen LogP contribution in [0.5, 0.6) is 0 Å². The highest BCUT2D eigenvalue weighted by atomic mass is 32.2. The second-order valence-corrected chi connectivity index (χ2v) is 6.14. The van der Waals surface area contributed by atoms with Crippen LogP contribution in [-0.2, 0) is 0 Å². The summed E-state index contributed by atoms with van der Waals surface area (Å²) < 4.78 is 0. The Morgan fingerprint density at radius 1 is 0.846 bits per heavy atom. The Bertz CT molecular complexity index is 116. The van der Waals surface area contributed by atoms with Gasteiger partial charge in [-0.1, -0.05) is 38.5 Å². The first-order chi connectivity index (χ1) is 6.45. The van der Waals surface area contributed by atoms with Crippen molar-refractivity contribution >= 4 is 11.8 Å². The highest BCUT2D eigenvalue weighted by Crippen LogP contribution is 2.35. The van der Waals surface area contributed by atoms with Crippen molar-refractivity contribution in [3.05, 3.63) is 0 Å². The maximum absolute atomic E-state index is 2.26. The fraction of sp³-hybridized carbons (Fsp3) is 1.00. The molecule has 2 fully saturated rings. The van der Waals surface area contributed by atoms with Gasteiger partial charge in [-0.3, -0.25) is 0 Å². The van der Waals surface area contributed by atoms with Crippen molar-refractivity contribution in [1.29, 1.82) is 0 Å². The van der Waals surface area contributed by atoms with E-state index >= 15 is 0 Å². The van der Waals surface area contributed by atoms with Crippen LogP contribution in [0.25, 0.3) is 0 Å². The summed E-state index contributed by atoms with van der Waals surface area (Å²) >= 11 is 2.26. The molecule has 0 N–H and O–H groups in total. The Morgan fingerprint density at radius 2 is 1.62 bits per heavy atom. The molecule has 1 atom stereocenters. The van der Waals surface area contributed by atoms with Crippen LogP contribution in [0, 0.1) is 5.92 Å². The number of rotatable bonds is 2. The van der Waals surface area contributed by atoms with Gasteiger partial charge in [0, 0.05) is 5.25 Å². The van der Waals surface area contributed by atoms with E-state index in [9.17, 15) is 0 Å². The Hall–Kier alpha value is 0.350. The van der Waals surface area contributed by atoms with Crippen LogP contribution in [0.15, 0.2) is 0 Å². The monoisotopic (exact) mass is 198 g/mol. The van der Waals surface area contributed by atoms with Gasteiger partial charge >= 0.3 is 0 Å². The minimum absolute atomic E-state index is 1.04. The SMILES string of the molecule is C1CCC(CC2CCCCS2)CC1. The average Bonchev–Trinajstić information content (AvgIpc) is 2.21. The summed E-state index contributed by atoms with van der Waals surface area (Å²) in [6.45, 7) is 0. The molecular weight excluding hydrogens is 176 g/mol. The lowest BCUT2D eigenvalue weighted by molar-refractivity contribution is 0.331. The van der Waals surface area contributed by atoms with Gasteiger partial charge in [-0.25, -0.2) is 0 Å². The third-order valence-corrected chi connectivity index (χ3v) is 5.02. The first-order valence-electron chi connectivity index (χ1n) is 6.07. The number of hydrogen-bond donors (Lipinski definition) is 0. The molecule has 2 rings (SSSR count). The predicted octanol–water partition coefficient (Wildman–Crippen LogP) is 4.24. The molecule has 0 amide bonds. The lowest BCUT2D eigenvalue weighted by Crippen LogP contribution is -2.16. The molecule has 13 heavy (non-hydrogen) atoms. The maximum Gasteiger partial charge on any atom is 0.00496 e. The van der Waals surface area contributed by atoms with Gasteiger partial charge in [-0.2, -0.15) is 11.8 Å². The normalized spacial score (nSPS) is 31.8. The van der Waals surface area contributed by atoms with Crippen LogP contribution in [-0.4, -0.2) is 11.0 Å². The van der Waals surface area contributed by atoms with E-state index in [4.69, 9.17) is 0 Å². The topological polar surface area (TPSA) is 0 Å². The van der Waals surface area contributed by atoms with Crippen molar-refractivity contribution in [1.82, 2.24) is 0 Å². The van der Waals surface area contributed by atoms with E-state index in [1.54, 1.807) is 6.42 Å². The average molecular weight is 198 g/mol. The molecule has 1 heterocycles. The molecule has 0 nitrogen and oxygen atoms in total. The summed E-state index contributed by atoms with van der Waals surface area (Å²) in [6, 6.07) is 0. The first-order valence-corrected chi connectivity index (χ1v) is 7.11. The molecule has 1 aliphatic heterocycles. The van der Waals surface area contributed by atoms with Crippen molar-refractivity contribution < 1.29 is 0 Å². The molecule has 1 heteroatoms. The van der Waals surface area contributed by atoms with Crippen LogP contribution in [0.4, 0.5) is 0 Å². The molecule has 0 aromatic heterocycles. The van der Waals surface area contributed by atoms with Crippen molar-refractivity contribution in [2.75, 3.05) is 5.75 Å². The molecule has 1 saturated heterocycles. The summed E-state index contributed by atoms with van der Waals surface area (Å²) in [4.78, 5) is 0. The molecule has 1 saturated carbocycles. The molecule has 1 aliphatic carbocycles. The minimum Gasteiger partial charge on any atom is -0.159 e. The van der Waals surface area contributed by atoms with E-state index in [2.05, 4.69) is 11.8 Å². The molecule has 0 bridgehead atoms.